The van der Waals surface area contributed by atoms with Gasteiger partial charge in [0.05, 0.1) is 5.69 Å². The quantitative estimate of drug-likeness (QED) is 0.850. The Hall–Kier alpha value is -2.21. The van der Waals surface area contributed by atoms with Gasteiger partial charge in [0.2, 0.25) is 0 Å². The minimum atomic E-state index is -0.467. The van der Waals surface area contributed by atoms with Gasteiger partial charge in [-0.2, -0.15) is 0 Å². The molecule has 5 nitrogen and oxygen atoms in total. The Morgan fingerprint density at radius 3 is 2.58 bits per heavy atom. The molecule has 0 aliphatic heterocycles. The number of aromatic nitrogens is 2. The number of hydrogen-bond donors (Lipinski definition) is 1. The molecular formula is C13H13FN2O3. The topological polar surface area (TPSA) is 64.1 Å². The molecule has 1 aromatic heterocycles. The summed E-state index contributed by atoms with van der Waals surface area (Å²) < 4.78 is 18.8. The highest BCUT2D eigenvalue weighted by molar-refractivity contribution is 5.97. The average Bonchev–Trinajstić information content (AvgIpc) is 2.66. The number of halogens is 1. The first-order valence-electron chi connectivity index (χ1n) is 5.64. The highest BCUT2D eigenvalue weighted by Gasteiger charge is 2.18. The molecule has 0 aliphatic rings. The summed E-state index contributed by atoms with van der Waals surface area (Å²) in [7, 11) is 1.39. The lowest BCUT2D eigenvalue weighted by atomic mass is 10.2. The third-order valence-electron chi connectivity index (χ3n) is 2.71. The summed E-state index contributed by atoms with van der Waals surface area (Å²) in [6, 6.07) is 5.40. The van der Waals surface area contributed by atoms with Crippen LogP contribution in [0.15, 0.2) is 29.1 Å². The predicted molar refractivity (Wildman–Crippen MR) is 67.3 cm³/mol. The van der Waals surface area contributed by atoms with Gasteiger partial charge in [-0.3, -0.25) is 14.7 Å². The molecule has 0 bridgehead atoms. The number of carbonyl (C=O) groups is 1. The first-order valence-corrected chi connectivity index (χ1v) is 5.64. The molecule has 100 valence electrons. The van der Waals surface area contributed by atoms with E-state index in [-0.39, 0.29) is 18.0 Å². The van der Waals surface area contributed by atoms with Crippen LogP contribution in [-0.2, 0) is 4.74 Å². The molecular weight excluding hydrogens is 251 g/mol. The molecule has 0 amide bonds. The van der Waals surface area contributed by atoms with Crippen LogP contribution in [-0.4, -0.2) is 29.3 Å². The number of nitrogens with zero attached hydrogens (tertiary/aromatic N) is 1. The average molecular weight is 264 g/mol. The number of methoxy groups -OCH3 is 1. The lowest BCUT2D eigenvalue weighted by Crippen LogP contribution is -2.22. The zero-order chi connectivity index (χ0) is 14.0. The number of benzene rings is 1. The first kappa shape index (κ1) is 13.2. The van der Waals surface area contributed by atoms with Gasteiger partial charge in [-0.25, -0.2) is 9.07 Å². The van der Waals surface area contributed by atoms with Gasteiger partial charge in [0.25, 0.3) is 5.56 Å². The van der Waals surface area contributed by atoms with Crippen LogP contribution in [0.5, 0.6) is 0 Å². The van der Waals surface area contributed by atoms with Gasteiger partial charge in [0.1, 0.15) is 18.0 Å². The van der Waals surface area contributed by atoms with Crippen LogP contribution >= 0.6 is 0 Å². The number of aromatic amines is 1. The van der Waals surface area contributed by atoms with E-state index < -0.39 is 11.4 Å². The van der Waals surface area contributed by atoms with Gasteiger partial charge >= 0.3 is 0 Å². The molecule has 1 N–H and O–H groups in total. The maximum atomic E-state index is 12.8. The van der Waals surface area contributed by atoms with Crippen LogP contribution in [0.1, 0.15) is 16.1 Å². The van der Waals surface area contributed by atoms with E-state index in [9.17, 15) is 14.0 Å². The second-order valence-corrected chi connectivity index (χ2v) is 4.08. The largest absolute Gasteiger partial charge is 0.377 e. The van der Waals surface area contributed by atoms with E-state index in [2.05, 4.69) is 5.10 Å². The van der Waals surface area contributed by atoms with Gasteiger partial charge in [0, 0.05) is 12.8 Å². The molecule has 0 fully saturated rings. The van der Waals surface area contributed by atoms with Crippen molar-refractivity contribution >= 4 is 5.78 Å². The van der Waals surface area contributed by atoms with Gasteiger partial charge in [-0.1, -0.05) is 0 Å². The molecule has 0 atom stereocenters. The molecule has 2 rings (SSSR count). The standard InChI is InChI=1S/C13H13FN2O3/c1-8-12(11(17)7-19-2)13(18)16(15-8)10-5-3-9(14)4-6-10/h3-6,15H,7H2,1-2H3. The van der Waals surface area contributed by atoms with Crippen molar-refractivity contribution < 1.29 is 13.9 Å². The maximum Gasteiger partial charge on any atom is 0.282 e. The second kappa shape index (κ2) is 5.19. The summed E-state index contributed by atoms with van der Waals surface area (Å²) in [6.07, 6.45) is 0. The van der Waals surface area contributed by atoms with Crippen molar-refractivity contribution in [3.63, 3.8) is 0 Å². The van der Waals surface area contributed by atoms with E-state index in [0.29, 0.717) is 11.4 Å². The van der Waals surface area contributed by atoms with Crippen LogP contribution in [0.2, 0.25) is 0 Å². The lowest BCUT2D eigenvalue weighted by molar-refractivity contribution is 0.0846. The molecule has 6 heteroatoms. The number of rotatable bonds is 4. The van der Waals surface area contributed by atoms with Gasteiger partial charge in [0.15, 0.2) is 5.78 Å². The van der Waals surface area contributed by atoms with Gasteiger partial charge in [-0.05, 0) is 31.2 Å². The molecule has 2 aromatic rings. The molecule has 0 radical (unpaired) electrons. The van der Waals surface area contributed by atoms with Crippen LogP contribution < -0.4 is 5.56 Å². The molecule has 19 heavy (non-hydrogen) atoms. The molecule has 0 aliphatic carbocycles. The minimum Gasteiger partial charge on any atom is -0.377 e. The summed E-state index contributed by atoms with van der Waals surface area (Å²) in [5.74, 6) is -0.780. The monoisotopic (exact) mass is 264 g/mol. The van der Waals surface area contributed by atoms with E-state index >= 15 is 0 Å². The number of nitrogens with one attached hydrogen (secondary N) is 1. The second-order valence-electron chi connectivity index (χ2n) is 4.08. The highest BCUT2D eigenvalue weighted by atomic mass is 19.1. The normalized spacial score (nSPS) is 10.7. The first-order chi connectivity index (χ1) is 9.04. The van der Waals surface area contributed by atoms with E-state index in [1.807, 2.05) is 0 Å². The summed E-state index contributed by atoms with van der Waals surface area (Å²) >= 11 is 0. The Morgan fingerprint density at radius 1 is 1.37 bits per heavy atom. The fraction of sp³-hybridized carbons (Fsp3) is 0.231. The zero-order valence-electron chi connectivity index (χ0n) is 10.6. The Balaban J connectivity index is 2.50. The van der Waals surface area contributed by atoms with Crippen molar-refractivity contribution in [3.05, 3.63) is 51.7 Å². The van der Waals surface area contributed by atoms with Crippen LogP contribution in [0.4, 0.5) is 4.39 Å². The number of H-pyrrole nitrogens is 1. The summed E-state index contributed by atoms with van der Waals surface area (Å²) in [4.78, 5) is 23.9. The van der Waals surface area contributed by atoms with Crippen LogP contribution in [0.25, 0.3) is 5.69 Å². The summed E-state index contributed by atoms with van der Waals surface area (Å²) in [6.45, 7) is 1.47. The van der Waals surface area contributed by atoms with Crippen molar-refractivity contribution in [3.8, 4) is 5.69 Å². The third-order valence-corrected chi connectivity index (χ3v) is 2.71. The SMILES string of the molecule is COCC(=O)c1c(C)[nH]n(-c2ccc(F)cc2)c1=O. The van der Waals surface area contributed by atoms with Crippen molar-refractivity contribution in [2.75, 3.05) is 13.7 Å². The fourth-order valence-corrected chi connectivity index (χ4v) is 1.85. The molecule has 0 unspecified atom stereocenters. The zero-order valence-corrected chi connectivity index (χ0v) is 10.6. The fourth-order valence-electron chi connectivity index (χ4n) is 1.85. The van der Waals surface area contributed by atoms with E-state index in [1.165, 1.54) is 36.1 Å². The van der Waals surface area contributed by atoms with Crippen LogP contribution in [0, 0.1) is 12.7 Å². The molecule has 0 saturated carbocycles. The Labute approximate surface area is 108 Å². The van der Waals surface area contributed by atoms with Crippen LogP contribution in [0.3, 0.4) is 0 Å². The number of ketones is 1. The molecule has 1 aromatic carbocycles. The number of hydrogen-bond acceptors (Lipinski definition) is 3. The Morgan fingerprint density at radius 2 is 2.00 bits per heavy atom. The number of carbonyl (C=O) groups excluding carboxylic acids is 1. The molecule has 0 spiro atoms. The van der Waals surface area contributed by atoms with E-state index in [0.717, 1.165) is 0 Å². The molecule has 0 saturated heterocycles. The van der Waals surface area contributed by atoms with Crippen molar-refractivity contribution in [1.29, 1.82) is 0 Å². The maximum absolute atomic E-state index is 12.8. The van der Waals surface area contributed by atoms with Crippen molar-refractivity contribution in [1.82, 2.24) is 9.78 Å². The lowest BCUT2D eigenvalue weighted by Gasteiger charge is -2.00. The summed E-state index contributed by atoms with van der Waals surface area (Å²) in [5.41, 5.74) is 0.514. The Bertz CT molecular complexity index is 656. The smallest absolute Gasteiger partial charge is 0.282 e. The van der Waals surface area contributed by atoms with E-state index in [1.54, 1.807) is 6.92 Å². The summed E-state index contributed by atoms with van der Waals surface area (Å²) in [5, 5.41) is 2.79. The molecule has 1 heterocycles. The van der Waals surface area contributed by atoms with E-state index in [4.69, 9.17) is 4.74 Å². The number of aryl methyl sites for hydroxylation is 1. The number of ether oxygens (including phenoxy) is 1. The minimum absolute atomic E-state index is 0.0613. The number of Topliss-reactive ketones (excluding diaryl/α,β-unsaturated/α-hetero) is 1. The predicted octanol–water partition coefficient (Wildman–Crippen LogP) is 1.44. The van der Waals surface area contributed by atoms with Gasteiger partial charge < -0.3 is 4.74 Å². The van der Waals surface area contributed by atoms with Gasteiger partial charge in [-0.15, -0.1) is 0 Å². The van der Waals surface area contributed by atoms with Crippen molar-refractivity contribution in [2.45, 2.75) is 6.92 Å². The highest BCUT2D eigenvalue weighted by Crippen LogP contribution is 2.09. The third kappa shape index (κ3) is 2.48. The van der Waals surface area contributed by atoms with Crippen molar-refractivity contribution in [2.24, 2.45) is 0 Å². The Kier molecular flexibility index (Phi) is 3.62.